The minimum absolute atomic E-state index is 0.188. The molecule has 1 aliphatic heterocycles. The number of benzene rings is 2. The topological polar surface area (TPSA) is 44.8 Å². The molecule has 1 saturated heterocycles. The van der Waals surface area contributed by atoms with Crippen molar-refractivity contribution in [2.75, 3.05) is 45.7 Å². The van der Waals surface area contributed by atoms with Gasteiger partial charge < -0.3 is 15.0 Å². The summed E-state index contributed by atoms with van der Waals surface area (Å²) in [6.07, 6.45) is 0. The second-order valence-corrected chi connectivity index (χ2v) is 8.74. The normalized spacial score (nSPS) is 15.6. The minimum Gasteiger partial charge on any atom is -0.380 e. The number of carbonyl (C=O) groups excluding carboxylic acids is 1. The van der Waals surface area contributed by atoms with E-state index < -0.39 is 0 Å². The Balaban J connectivity index is 1.47. The summed E-state index contributed by atoms with van der Waals surface area (Å²) in [5.41, 5.74) is 2.55. The van der Waals surface area contributed by atoms with Gasteiger partial charge in [0.05, 0.1) is 11.5 Å². The number of halogens is 1. The highest BCUT2D eigenvalue weighted by Gasteiger charge is 2.21. The van der Waals surface area contributed by atoms with Gasteiger partial charge in [-0.3, -0.25) is 9.69 Å². The smallest absolute Gasteiger partial charge is 0.266 e. The summed E-state index contributed by atoms with van der Waals surface area (Å²) in [6, 6.07) is 12.8. The summed E-state index contributed by atoms with van der Waals surface area (Å²) < 4.78 is 20.3. The minimum atomic E-state index is -0.330. The summed E-state index contributed by atoms with van der Waals surface area (Å²) >= 11 is 1.29. The maximum absolute atomic E-state index is 14.3. The van der Waals surface area contributed by atoms with Crippen molar-refractivity contribution in [2.45, 2.75) is 13.2 Å². The number of fused-ring (bicyclic) bond motifs is 1. The number of thiophene rings is 1. The Morgan fingerprint density at radius 2 is 1.87 bits per heavy atom. The van der Waals surface area contributed by atoms with Crippen LogP contribution in [0.25, 0.3) is 10.1 Å². The molecule has 3 aromatic rings. The first-order valence-electron chi connectivity index (χ1n) is 10.0. The summed E-state index contributed by atoms with van der Waals surface area (Å²) in [4.78, 5) is 18.2. The monoisotopic (exact) mass is 427 g/mol. The molecular formula is C23H26FN3O2S. The van der Waals surface area contributed by atoms with Gasteiger partial charge in [-0.25, -0.2) is 4.39 Å². The van der Waals surface area contributed by atoms with Crippen LogP contribution in [-0.2, 0) is 17.9 Å². The molecule has 0 spiro atoms. The van der Waals surface area contributed by atoms with Crippen LogP contribution in [0, 0.1) is 5.82 Å². The highest BCUT2D eigenvalue weighted by Crippen LogP contribution is 2.34. The molecule has 0 bridgehead atoms. The summed E-state index contributed by atoms with van der Waals surface area (Å²) in [6.45, 7) is 5.42. The first-order chi connectivity index (χ1) is 14.5. The average Bonchev–Trinajstić information content (AvgIpc) is 3.11. The van der Waals surface area contributed by atoms with Crippen molar-refractivity contribution in [3.63, 3.8) is 0 Å². The van der Waals surface area contributed by atoms with E-state index in [2.05, 4.69) is 34.3 Å². The molecule has 158 valence electrons. The molecule has 0 atom stereocenters. The quantitative estimate of drug-likeness (QED) is 0.641. The zero-order chi connectivity index (χ0) is 21.1. The number of likely N-dealkylation sites (N-methyl/N-ethyl adjacent to an activating group) is 1. The van der Waals surface area contributed by atoms with Crippen LogP contribution >= 0.6 is 11.3 Å². The van der Waals surface area contributed by atoms with Gasteiger partial charge in [0, 0.05) is 61.2 Å². The third kappa shape index (κ3) is 4.54. The number of hydrogen-bond acceptors (Lipinski definition) is 5. The van der Waals surface area contributed by atoms with Crippen LogP contribution in [0.4, 0.5) is 10.1 Å². The standard InChI is InChI=1S/C23H26FN3O2S/c1-26-10-12-27(13-11-26)14-16-6-8-17(9-7-16)25-23(28)22-18(15-29-2)21-19(24)4-3-5-20(21)30-22/h3-9H,10-15H2,1-2H3,(H,25,28). The van der Waals surface area contributed by atoms with Gasteiger partial charge in [-0.2, -0.15) is 0 Å². The van der Waals surface area contributed by atoms with Gasteiger partial charge in [0.1, 0.15) is 5.82 Å². The Kier molecular flexibility index (Phi) is 6.43. The lowest BCUT2D eigenvalue weighted by Crippen LogP contribution is -2.43. The number of methoxy groups -OCH3 is 1. The highest BCUT2D eigenvalue weighted by atomic mass is 32.1. The number of nitrogens with one attached hydrogen (secondary N) is 1. The van der Waals surface area contributed by atoms with Crippen LogP contribution in [-0.4, -0.2) is 56.0 Å². The third-order valence-electron chi connectivity index (χ3n) is 5.47. The molecule has 7 heteroatoms. The van der Waals surface area contributed by atoms with Crippen molar-refractivity contribution in [2.24, 2.45) is 0 Å². The lowest BCUT2D eigenvalue weighted by molar-refractivity contribution is 0.102. The van der Waals surface area contributed by atoms with E-state index in [1.54, 1.807) is 13.2 Å². The predicted octanol–water partition coefficient (Wildman–Crippen LogP) is 4.19. The largest absolute Gasteiger partial charge is 0.380 e. The van der Waals surface area contributed by atoms with Crippen LogP contribution in [0.2, 0.25) is 0 Å². The Morgan fingerprint density at radius 3 is 2.57 bits per heavy atom. The molecule has 1 fully saturated rings. The average molecular weight is 428 g/mol. The van der Waals surface area contributed by atoms with Gasteiger partial charge in [-0.05, 0) is 36.9 Å². The fourth-order valence-electron chi connectivity index (χ4n) is 3.78. The number of rotatable bonds is 6. The zero-order valence-electron chi connectivity index (χ0n) is 17.3. The van der Waals surface area contributed by atoms with Crippen LogP contribution in [0.1, 0.15) is 20.8 Å². The number of hydrogen-bond donors (Lipinski definition) is 1. The molecule has 2 aromatic carbocycles. The number of amides is 1. The highest BCUT2D eigenvalue weighted by molar-refractivity contribution is 7.21. The Labute approximate surface area is 180 Å². The lowest BCUT2D eigenvalue weighted by Gasteiger charge is -2.32. The molecule has 1 aromatic heterocycles. The first-order valence-corrected chi connectivity index (χ1v) is 10.9. The molecule has 0 saturated carbocycles. The van der Waals surface area contributed by atoms with E-state index in [1.165, 1.54) is 23.0 Å². The van der Waals surface area contributed by atoms with E-state index in [-0.39, 0.29) is 18.3 Å². The predicted molar refractivity (Wildman–Crippen MR) is 120 cm³/mol. The van der Waals surface area contributed by atoms with E-state index in [0.717, 1.165) is 43.1 Å². The number of anilines is 1. The summed E-state index contributed by atoms with van der Waals surface area (Å²) in [7, 11) is 3.70. The molecule has 1 aliphatic rings. The molecule has 5 nitrogen and oxygen atoms in total. The number of ether oxygens (including phenoxy) is 1. The lowest BCUT2D eigenvalue weighted by atomic mass is 10.1. The fraction of sp³-hybridized carbons (Fsp3) is 0.348. The Morgan fingerprint density at radius 1 is 1.13 bits per heavy atom. The second-order valence-electron chi connectivity index (χ2n) is 7.69. The van der Waals surface area contributed by atoms with Crippen LogP contribution < -0.4 is 5.32 Å². The number of carbonyl (C=O) groups is 1. The van der Waals surface area contributed by atoms with E-state index in [1.807, 2.05) is 18.2 Å². The van der Waals surface area contributed by atoms with Gasteiger partial charge in [-0.15, -0.1) is 11.3 Å². The second kappa shape index (κ2) is 9.22. The number of piperazine rings is 1. The molecule has 4 rings (SSSR count). The van der Waals surface area contributed by atoms with Crippen molar-refractivity contribution in [3.05, 3.63) is 64.3 Å². The Hall–Kier alpha value is -2.32. The third-order valence-corrected chi connectivity index (χ3v) is 6.67. The molecule has 0 aliphatic carbocycles. The first kappa shape index (κ1) is 20.9. The maximum Gasteiger partial charge on any atom is 0.266 e. The van der Waals surface area contributed by atoms with Gasteiger partial charge in [0.2, 0.25) is 0 Å². The molecule has 30 heavy (non-hydrogen) atoms. The van der Waals surface area contributed by atoms with E-state index in [0.29, 0.717) is 15.8 Å². The molecule has 0 radical (unpaired) electrons. The molecule has 2 heterocycles. The van der Waals surface area contributed by atoms with Crippen LogP contribution in [0.3, 0.4) is 0 Å². The van der Waals surface area contributed by atoms with Crippen molar-refractivity contribution < 1.29 is 13.9 Å². The zero-order valence-corrected chi connectivity index (χ0v) is 18.1. The van der Waals surface area contributed by atoms with Gasteiger partial charge >= 0.3 is 0 Å². The van der Waals surface area contributed by atoms with Crippen LogP contribution in [0.5, 0.6) is 0 Å². The van der Waals surface area contributed by atoms with Crippen molar-refractivity contribution in [3.8, 4) is 0 Å². The van der Waals surface area contributed by atoms with E-state index >= 15 is 0 Å². The SMILES string of the molecule is COCc1c(C(=O)Nc2ccc(CN3CCN(C)CC3)cc2)sc2cccc(F)c12. The van der Waals surface area contributed by atoms with Crippen molar-refractivity contribution in [1.82, 2.24) is 9.80 Å². The van der Waals surface area contributed by atoms with E-state index in [9.17, 15) is 9.18 Å². The molecular weight excluding hydrogens is 401 g/mol. The van der Waals surface area contributed by atoms with Crippen molar-refractivity contribution >= 4 is 33.0 Å². The van der Waals surface area contributed by atoms with Crippen molar-refractivity contribution in [1.29, 1.82) is 0 Å². The fourth-order valence-corrected chi connectivity index (χ4v) is 4.90. The molecule has 1 N–H and O–H groups in total. The summed E-state index contributed by atoms with van der Waals surface area (Å²) in [5.74, 6) is -0.572. The van der Waals surface area contributed by atoms with Gasteiger partial charge in [-0.1, -0.05) is 18.2 Å². The number of nitrogens with zero attached hydrogens (tertiary/aromatic N) is 2. The van der Waals surface area contributed by atoms with Gasteiger partial charge in [0.15, 0.2) is 0 Å². The maximum atomic E-state index is 14.3. The Bertz CT molecular complexity index is 1030. The van der Waals surface area contributed by atoms with Crippen LogP contribution in [0.15, 0.2) is 42.5 Å². The van der Waals surface area contributed by atoms with Gasteiger partial charge in [0.25, 0.3) is 5.91 Å². The van der Waals surface area contributed by atoms with E-state index in [4.69, 9.17) is 4.74 Å². The summed E-state index contributed by atoms with van der Waals surface area (Å²) in [5, 5.41) is 3.42. The molecule has 0 unspecified atom stereocenters. The molecule has 1 amide bonds.